The smallest absolute Gasteiger partial charge is 0.324 e. The largest absolute Gasteiger partial charge is 0.491 e. The van der Waals surface area contributed by atoms with Crippen LogP contribution in [-0.4, -0.2) is 62.4 Å². The minimum atomic E-state index is -0.0584. The molecule has 4 rings (SSSR count). The number of urea groups is 1. The second kappa shape index (κ2) is 9.34. The number of methoxy groups -OCH3 is 1. The Hall–Kier alpha value is -3.48. The number of nitrogens with zero attached hydrogens (tertiary/aromatic N) is 4. The Bertz CT molecular complexity index is 1090. The van der Waals surface area contributed by atoms with Crippen molar-refractivity contribution in [2.45, 2.75) is 20.0 Å². The zero-order valence-electron chi connectivity index (χ0n) is 19.1. The monoisotopic (exact) mass is 434 g/mol. The van der Waals surface area contributed by atoms with Crippen molar-refractivity contribution < 1.29 is 14.3 Å². The fourth-order valence-electron chi connectivity index (χ4n) is 3.97. The van der Waals surface area contributed by atoms with Gasteiger partial charge >= 0.3 is 6.03 Å². The number of benzene rings is 2. The number of carbonyl (C=O) groups excluding carboxylic acids is 1. The van der Waals surface area contributed by atoms with Gasteiger partial charge in [0.05, 0.1) is 18.7 Å². The second-order valence-electron chi connectivity index (χ2n) is 8.19. The van der Waals surface area contributed by atoms with Crippen molar-refractivity contribution in [1.29, 1.82) is 0 Å². The van der Waals surface area contributed by atoms with Crippen molar-refractivity contribution in [1.82, 2.24) is 9.88 Å². The number of rotatable bonds is 5. The number of anilines is 2. The third-order valence-corrected chi connectivity index (χ3v) is 5.62. The Morgan fingerprint density at radius 2 is 1.78 bits per heavy atom. The highest BCUT2D eigenvalue weighted by Gasteiger charge is 2.26. The molecular weight excluding hydrogens is 404 g/mol. The first kappa shape index (κ1) is 21.7. The van der Waals surface area contributed by atoms with Gasteiger partial charge in [-0.1, -0.05) is 24.3 Å². The van der Waals surface area contributed by atoms with Gasteiger partial charge in [0.15, 0.2) is 0 Å². The SMILES string of the molecule is COc1nc2ccccc2cc1N(C)C(=O)N1CCN(c2cccc(OC(C)C)c2)CC1. The molecule has 7 heteroatoms. The molecule has 2 aromatic carbocycles. The van der Waals surface area contributed by atoms with Gasteiger partial charge in [-0.25, -0.2) is 9.78 Å². The van der Waals surface area contributed by atoms with E-state index in [-0.39, 0.29) is 12.1 Å². The first-order valence-corrected chi connectivity index (χ1v) is 10.9. The molecule has 1 fully saturated rings. The molecule has 1 aliphatic rings. The van der Waals surface area contributed by atoms with E-state index in [1.54, 1.807) is 19.1 Å². The van der Waals surface area contributed by atoms with E-state index in [9.17, 15) is 4.79 Å². The predicted octanol–water partition coefficient (Wildman–Crippen LogP) is 4.41. The third-order valence-electron chi connectivity index (χ3n) is 5.62. The number of ether oxygens (including phenoxy) is 2. The Morgan fingerprint density at radius 3 is 2.50 bits per heavy atom. The Kier molecular flexibility index (Phi) is 6.35. The first-order valence-electron chi connectivity index (χ1n) is 10.9. The maximum atomic E-state index is 13.3. The molecule has 2 amide bonds. The van der Waals surface area contributed by atoms with Crippen molar-refractivity contribution in [3.8, 4) is 11.6 Å². The number of pyridine rings is 1. The van der Waals surface area contributed by atoms with Gasteiger partial charge in [0.1, 0.15) is 11.4 Å². The molecule has 1 aromatic heterocycles. The summed E-state index contributed by atoms with van der Waals surface area (Å²) in [6, 6.07) is 17.9. The van der Waals surface area contributed by atoms with Gasteiger partial charge in [-0.2, -0.15) is 0 Å². The number of aromatic nitrogens is 1. The van der Waals surface area contributed by atoms with E-state index in [2.05, 4.69) is 22.0 Å². The minimum absolute atomic E-state index is 0.0584. The van der Waals surface area contributed by atoms with Gasteiger partial charge in [0, 0.05) is 50.4 Å². The maximum absolute atomic E-state index is 13.3. The summed E-state index contributed by atoms with van der Waals surface area (Å²) in [4.78, 5) is 23.6. The lowest BCUT2D eigenvalue weighted by molar-refractivity contribution is 0.202. The van der Waals surface area contributed by atoms with Crippen LogP contribution in [0.3, 0.4) is 0 Å². The summed E-state index contributed by atoms with van der Waals surface area (Å²) < 4.78 is 11.3. The molecule has 7 nitrogen and oxygen atoms in total. The number of piperazine rings is 1. The molecule has 0 aliphatic carbocycles. The van der Waals surface area contributed by atoms with Gasteiger partial charge in [-0.05, 0) is 38.1 Å². The number of fused-ring (bicyclic) bond motifs is 1. The number of hydrogen-bond acceptors (Lipinski definition) is 5. The highest BCUT2D eigenvalue weighted by Crippen LogP contribution is 2.30. The Morgan fingerprint density at radius 1 is 1.03 bits per heavy atom. The van der Waals surface area contributed by atoms with Crippen LogP contribution in [0.4, 0.5) is 16.2 Å². The molecular formula is C25H30N4O3. The summed E-state index contributed by atoms with van der Waals surface area (Å²) in [6.07, 6.45) is 0.136. The summed E-state index contributed by atoms with van der Waals surface area (Å²) in [5.41, 5.74) is 2.62. The van der Waals surface area contributed by atoms with Crippen LogP contribution in [0.5, 0.6) is 11.6 Å². The number of amides is 2. The summed E-state index contributed by atoms with van der Waals surface area (Å²) in [6.45, 7) is 6.85. The van der Waals surface area contributed by atoms with E-state index < -0.39 is 0 Å². The van der Waals surface area contributed by atoms with Crippen molar-refractivity contribution in [3.05, 3.63) is 54.6 Å². The lowest BCUT2D eigenvalue weighted by Crippen LogP contribution is -2.52. The van der Waals surface area contributed by atoms with Crippen LogP contribution in [-0.2, 0) is 0 Å². The Balaban J connectivity index is 1.45. The maximum Gasteiger partial charge on any atom is 0.324 e. The van der Waals surface area contributed by atoms with Gasteiger partial charge in [-0.15, -0.1) is 0 Å². The van der Waals surface area contributed by atoms with E-state index >= 15 is 0 Å². The van der Waals surface area contributed by atoms with Crippen LogP contribution in [0.2, 0.25) is 0 Å². The zero-order chi connectivity index (χ0) is 22.7. The molecule has 0 bridgehead atoms. The molecule has 0 spiro atoms. The van der Waals surface area contributed by atoms with Crippen molar-refractivity contribution in [2.75, 3.05) is 50.1 Å². The van der Waals surface area contributed by atoms with E-state index in [4.69, 9.17) is 9.47 Å². The molecule has 0 radical (unpaired) electrons. The van der Waals surface area contributed by atoms with Crippen LogP contribution in [0.15, 0.2) is 54.6 Å². The number of carbonyl (C=O) groups is 1. The summed E-state index contributed by atoms with van der Waals surface area (Å²) >= 11 is 0. The quantitative estimate of drug-likeness (QED) is 0.595. The second-order valence-corrected chi connectivity index (χ2v) is 8.19. The van der Waals surface area contributed by atoms with E-state index in [0.717, 1.165) is 35.4 Å². The van der Waals surface area contributed by atoms with Crippen molar-refractivity contribution >= 4 is 28.3 Å². The minimum Gasteiger partial charge on any atom is -0.491 e. The molecule has 0 saturated carbocycles. The third kappa shape index (κ3) is 4.56. The van der Waals surface area contributed by atoms with Gasteiger partial charge in [0.2, 0.25) is 5.88 Å². The van der Waals surface area contributed by atoms with Crippen LogP contribution in [0, 0.1) is 0 Å². The fourth-order valence-corrected chi connectivity index (χ4v) is 3.97. The predicted molar refractivity (Wildman–Crippen MR) is 128 cm³/mol. The highest BCUT2D eigenvalue weighted by atomic mass is 16.5. The van der Waals surface area contributed by atoms with Gasteiger partial charge in [0.25, 0.3) is 0 Å². The van der Waals surface area contributed by atoms with E-state index in [0.29, 0.717) is 24.7 Å². The number of para-hydroxylation sites is 1. The standard InChI is InChI=1S/C25H30N4O3/c1-18(2)32-21-10-7-9-20(17-21)28-12-14-29(15-13-28)25(30)27(3)23-16-19-8-5-6-11-22(19)26-24(23)31-4/h5-11,16-18H,12-15H2,1-4H3. The summed E-state index contributed by atoms with van der Waals surface area (Å²) in [5.74, 6) is 1.31. The molecule has 0 N–H and O–H groups in total. The van der Waals surface area contributed by atoms with E-state index in [1.807, 2.05) is 61.2 Å². The lowest BCUT2D eigenvalue weighted by Gasteiger charge is -2.38. The molecule has 0 atom stereocenters. The van der Waals surface area contributed by atoms with Crippen molar-refractivity contribution in [3.63, 3.8) is 0 Å². The number of hydrogen-bond donors (Lipinski definition) is 0. The molecule has 0 unspecified atom stereocenters. The Labute approximate surface area is 189 Å². The van der Waals surface area contributed by atoms with Crippen LogP contribution in [0.25, 0.3) is 10.9 Å². The zero-order valence-corrected chi connectivity index (χ0v) is 19.1. The van der Waals surface area contributed by atoms with Gasteiger partial charge < -0.3 is 19.3 Å². The average molecular weight is 435 g/mol. The first-order chi connectivity index (χ1) is 15.5. The lowest BCUT2D eigenvalue weighted by atomic mass is 10.2. The van der Waals surface area contributed by atoms with Crippen LogP contribution in [0.1, 0.15) is 13.8 Å². The normalized spacial score (nSPS) is 14.0. The van der Waals surface area contributed by atoms with Gasteiger partial charge in [-0.3, -0.25) is 4.90 Å². The van der Waals surface area contributed by atoms with E-state index in [1.165, 1.54) is 0 Å². The van der Waals surface area contributed by atoms with Crippen molar-refractivity contribution in [2.24, 2.45) is 0 Å². The topological polar surface area (TPSA) is 58.1 Å². The molecule has 3 aromatic rings. The highest BCUT2D eigenvalue weighted by molar-refractivity contribution is 5.96. The summed E-state index contributed by atoms with van der Waals surface area (Å²) in [5, 5.41) is 0.969. The van der Waals surface area contributed by atoms with Crippen LogP contribution < -0.4 is 19.3 Å². The molecule has 168 valence electrons. The molecule has 1 saturated heterocycles. The summed E-state index contributed by atoms with van der Waals surface area (Å²) in [7, 11) is 3.35. The molecule has 2 heterocycles. The average Bonchev–Trinajstić information content (AvgIpc) is 2.82. The molecule has 32 heavy (non-hydrogen) atoms. The molecule has 1 aliphatic heterocycles. The fraction of sp³-hybridized carbons (Fsp3) is 0.360. The van der Waals surface area contributed by atoms with Crippen LogP contribution >= 0.6 is 0 Å².